The first-order valence-corrected chi connectivity index (χ1v) is 13.3. The van der Waals surface area contributed by atoms with Crippen LogP contribution in [0.3, 0.4) is 0 Å². The highest BCUT2D eigenvalue weighted by Crippen LogP contribution is 2.32. The molecule has 2 aromatic rings. The summed E-state index contributed by atoms with van der Waals surface area (Å²) in [5.41, 5.74) is 6.28. The van der Waals surface area contributed by atoms with Gasteiger partial charge in [-0.1, -0.05) is 56.5 Å². The molecule has 0 unspecified atom stereocenters. The van der Waals surface area contributed by atoms with Crippen LogP contribution in [-0.4, -0.2) is 51.1 Å². The number of amides is 1. The van der Waals surface area contributed by atoms with Crippen molar-refractivity contribution in [2.45, 2.75) is 77.0 Å². The maximum Gasteiger partial charge on any atom is 0.330 e. The fraction of sp³-hybridized carbons (Fsp3) is 0.593. The monoisotopic (exact) mass is 497 g/mol. The third-order valence-electron chi connectivity index (χ3n) is 7.73. The third kappa shape index (κ3) is 5.73. The molecule has 9 nitrogen and oxygen atoms in total. The van der Waals surface area contributed by atoms with Crippen LogP contribution in [0.2, 0.25) is 0 Å². The number of nitrogens with zero attached hydrogens (tertiary/aromatic N) is 3. The average Bonchev–Trinajstić information content (AvgIpc) is 3.41. The Balaban J connectivity index is 1.50. The van der Waals surface area contributed by atoms with Gasteiger partial charge in [-0.05, 0) is 56.7 Å². The molecule has 2 fully saturated rings. The van der Waals surface area contributed by atoms with Gasteiger partial charge in [-0.25, -0.2) is 4.79 Å². The van der Waals surface area contributed by atoms with Crippen LogP contribution in [0.4, 0.5) is 11.5 Å². The van der Waals surface area contributed by atoms with Gasteiger partial charge in [-0.2, -0.15) is 0 Å². The van der Waals surface area contributed by atoms with E-state index in [9.17, 15) is 19.5 Å². The van der Waals surface area contributed by atoms with Gasteiger partial charge in [0, 0.05) is 12.6 Å². The number of nitrogens with one attached hydrogen (secondary N) is 1. The minimum atomic E-state index is -0.602. The molecule has 196 valence electrons. The van der Waals surface area contributed by atoms with Gasteiger partial charge < -0.3 is 15.7 Å². The van der Waals surface area contributed by atoms with Crippen molar-refractivity contribution in [1.29, 1.82) is 0 Å². The molecule has 1 aromatic heterocycles. The molecule has 1 aliphatic carbocycles. The molecule has 2 heterocycles. The van der Waals surface area contributed by atoms with E-state index in [0.717, 1.165) is 56.9 Å². The van der Waals surface area contributed by atoms with E-state index in [0.29, 0.717) is 19.6 Å². The van der Waals surface area contributed by atoms with Crippen molar-refractivity contribution in [2.75, 3.05) is 30.3 Å². The topological polar surface area (TPSA) is 125 Å². The van der Waals surface area contributed by atoms with Gasteiger partial charge in [-0.15, -0.1) is 0 Å². The van der Waals surface area contributed by atoms with Crippen LogP contribution in [0.15, 0.2) is 39.9 Å². The molecule has 1 aliphatic heterocycles. The predicted octanol–water partition coefficient (Wildman–Crippen LogP) is 2.64. The number of anilines is 2. The summed E-state index contributed by atoms with van der Waals surface area (Å²) in [4.78, 5) is 45.1. The lowest BCUT2D eigenvalue weighted by molar-refractivity contribution is -0.120. The van der Waals surface area contributed by atoms with Crippen LogP contribution in [0.1, 0.15) is 70.0 Å². The van der Waals surface area contributed by atoms with E-state index in [2.05, 4.69) is 9.88 Å². The predicted molar refractivity (Wildman–Crippen MR) is 141 cm³/mol. The molecule has 1 atom stereocenters. The zero-order valence-corrected chi connectivity index (χ0v) is 21.2. The number of hydrogen-bond donors (Lipinski definition) is 3. The SMILES string of the molecule is CCCCn1c(N)c(N(C(=O)CN2CCC([C@@H](O)c3ccccc3)CC2)C2CCCC2)c(=O)[nH]c1=O. The number of rotatable bonds is 9. The Morgan fingerprint density at radius 3 is 2.44 bits per heavy atom. The number of carbonyl (C=O) groups excluding carboxylic acids is 1. The lowest BCUT2D eigenvalue weighted by atomic mass is 9.87. The fourth-order valence-corrected chi connectivity index (χ4v) is 5.64. The first-order valence-electron chi connectivity index (χ1n) is 13.3. The van der Waals surface area contributed by atoms with Crippen molar-refractivity contribution >= 4 is 17.4 Å². The van der Waals surface area contributed by atoms with E-state index in [1.807, 2.05) is 37.3 Å². The maximum atomic E-state index is 13.7. The van der Waals surface area contributed by atoms with E-state index < -0.39 is 17.4 Å². The Labute approximate surface area is 211 Å². The Hall–Kier alpha value is -2.91. The number of aromatic nitrogens is 2. The van der Waals surface area contributed by atoms with E-state index in [-0.39, 0.29) is 35.9 Å². The molecule has 0 radical (unpaired) electrons. The highest BCUT2D eigenvalue weighted by Gasteiger charge is 2.34. The van der Waals surface area contributed by atoms with E-state index in [1.54, 1.807) is 4.90 Å². The number of aliphatic hydroxyl groups excluding tert-OH is 1. The minimum Gasteiger partial charge on any atom is -0.388 e. The van der Waals surface area contributed by atoms with Crippen molar-refractivity contribution in [3.8, 4) is 0 Å². The molecule has 4 rings (SSSR count). The van der Waals surface area contributed by atoms with Gasteiger partial charge in [0.1, 0.15) is 5.82 Å². The average molecular weight is 498 g/mol. The second-order valence-electron chi connectivity index (χ2n) is 10.2. The molecule has 0 spiro atoms. The van der Waals surface area contributed by atoms with E-state index in [1.165, 1.54) is 4.57 Å². The number of carbonyl (C=O) groups is 1. The Morgan fingerprint density at radius 1 is 1.14 bits per heavy atom. The number of nitrogens with two attached hydrogens (primary N) is 1. The number of likely N-dealkylation sites (tertiary alicyclic amines) is 1. The standard InChI is InChI=1S/C27H39N5O4/c1-2-3-15-31-25(28)23(26(35)29-27(31)36)32(21-11-7-8-12-21)22(33)18-30-16-13-20(14-17-30)24(34)19-9-5-4-6-10-19/h4-6,9-10,20-21,24,34H,2-3,7-8,11-18,28H2,1H3,(H,29,35,36)/t24-/m0/s1. The van der Waals surface area contributed by atoms with Gasteiger partial charge in [-0.3, -0.25) is 24.0 Å². The summed E-state index contributed by atoms with van der Waals surface area (Å²) in [5.74, 6) is 0.0503. The molecule has 36 heavy (non-hydrogen) atoms. The van der Waals surface area contributed by atoms with Gasteiger partial charge in [0.05, 0.1) is 12.6 Å². The molecule has 2 aliphatic rings. The summed E-state index contributed by atoms with van der Waals surface area (Å²) in [6.45, 7) is 3.98. The van der Waals surface area contributed by atoms with Crippen molar-refractivity contribution < 1.29 is 9.90 Å². The van der Waals surface area contributed by atoms with Gasteiger partial charge >= 0.3 is 5.69 Å². The van der Waals surface area contributed by atoms with Crippen molar-refractivity contribution in [3.63, 3.8) is 0 Å². The van der Waals surface area contributed by atoms with Crippen molar-refractivity contribution in [3.05, 3.63) is 56.7 Å². The Kier molecular flexibility index (Phi) is 8.64. The third-order valence-corrected chi connectivity index (χ3v) is 7.73. The molecule has 4 N–H and O–H groups in total. The lowest BCUT2D eigenvalue weighted by Gasteiger charge is -2.36. The summed E-state index contributed by atoms with van der Waals surface area (Å²) in [6.07, 6.45) is 6.29. The molecule has 0 bridgehead atoms. The van der Waals surface area contributed by atoms with Crippen molar-refractivity contribution in [2.24, 2.45) is 5.92 Å². The smallest absolute Gasteiger partial charge is 0.330 e. The Morgan fingerprint density at radius 2 is 1.81 bits per heavy atom. The van der Waals surface area contributed by atoms with Gasteiger partial charge in [0.25, 0.3) is 5.56 Å². The van der Waals surface area contributed by atoms with E-state index in [4.69, 9.17) is 5.73 Å². The molecule has 1 saturated carbocycles. The largest absolute Gasteiger partial charge is 0.388 e. The lowest BCUT2D eigenvalue weighted by Crippen LogP contribution is -2.50. The number of aliphatic hydroxyl groups is 1. The van der Waals surface area contributed by atoms with Crippen LogP contribution in [0.5, 0.6) is 0 Å². The fourth-order valence-electron chi connectivity index (χ4n) is 5.64. The van der Waals surface area contributed by atoms with Crippen LogP contribution >= 0.6 is 0 Å². The van der Waals surface area contributed by atoms with Crippen LogP contribution in [0, 0.1) is 5.92 Å². The quantitative estimate of drug-likeness (QED) is 0.489. The summed E-state index contributed by atoms with van der Waals surface area (Å²) in [5, 5.41) is 10.8. The maximum absolute atomic E-state index is 13.7. The molecule has 1 aromatic carbocycles. The zero-order valence-electron chi connectivity index (χ0n) is 21.2. The molecule has 9 heteroatoms. The molecule has 1 saturated heterocycles. The zero-order chi connectivity index (χ0) is 25.7. The second kappa shape index (κ2) is 11.9. The highest BCUT2D eigenvalue weighted by molar-refractivity contribution is 5.97. The number of unbranched alkanes of at least 4 members (excludes halogenated alkanes) is 1. The number of aromatic amines is 1. The Bertz CT molecular complexity index is 1130. The number of benzene rings is 1. The first-order chi connectivity index (χ1) is 17.4. The van der Waals surface area contributed by atoms with Crippen molar-refractivity contribution in [1.82, 2.24) is 14.5 Å². The first kappa shape index (κ1) is 26.2. The summed E-state index contributed by atoms with van der Waals surface area (Å²) >= 11 is 0. The van der Waals surface area contributed by atoms with Crippen LogP contribution < -0.4 is 21.9 Å². The molecule has 1 amide bonds. The van der Waals surface area contributed by atoms with Gasteiger partial charge in [0.2, 0.25) is 5.91 Å². The minimum absolute atomic E-state index is 0.0714. The molecular formula is C27H39N5O4. The number of H-pyrrole nitrogens is 1. The highest BCUT2D eigenvalue weighted by atomic mass is 16.3. The number of piperidine rings is 1. The molecular weight excluding hydrogens is 458 g/mol. The number of nitrogen functional groups attached to an aromatic ring is 1. The normalized spacial score (nSPS) is 18.4. The van der Waals surface area contributed by atoms with Crippen LogP contribution in [-0.2, 0) is 11.3 Å². The van der Waals surface area contributed by atoms with Gasteiger partial charge in [0.15, 0.2) is 5.69 Å². The van der Waals surface area contributed by atoms with E-state index >= 15 is 0 Å². The summed E-state index contributed by atoms with van der Waals surface area (Å²) in [7, 11) is 0. The summed E-state index contributed by atoms with van der Waals surface area (Å²) < 4.78 is 1.38. The second-order valence-corrected chi connectivity index (χ2v) is 10.2. The van der Waals surface area contributed by atoms with Crippen LogP contribution in [0.25, 0.3) is 0 Å². The summed E-state index contributed by atoms with van der Waals surface area (Å²) in [6, 6.07) is 9.60. The number of hydrogen-bond acceptors (Lipinski definition) is 6.